The fourth-order valence-corrected chi connectivity index (χ4v) is 2.74. The monoisotopic (exact) mass is 313 g/mol. The van der Waals surface area contributed by atoms with Crippen LogP contribution in [0.4, 0.5) is 0 Å². The third-order valence-electron chi connectivity index (χ3n) is 2.23. The van der Waals surface area contributed by atoms with Crippen LogP contribution in [0.5, 0.6) is 0 Å². The minimum atomic E-state index is -1.03. The van der Waals surface area contributed by atoms with Crippen LogP contribution >= 0.6 is 27.3 Å². The fourth-order valence-electron chi connectivity index (χ4n) is 1.49. The summed E-state index contributed by atoms with van der Waals surface area (Å²) in [6, 6.07) is 7.39. The van der Waals surface area contributed by atoms with E-state index in [1.54, 1.807) is 5.38 Å². The van der Waals surface area contributed by atoms with Crippen molar-refractivity contribution in [2.24, 2.45) is 0 Å². The standard InChI is InChI=1S/C11H8BrNO3S/c12-8-4-2-1-3-7(8)9-6-17-11(16)13(9)5-10(14)15/h1-4,6H,5H2,(H,14,15). The first-order valence-corrected chi connectivity index (χ1v) is 6.42. The van der Waals surface area contributed by atoms with Crippen molar-refractivity contribution in [3.63, 3.8) is 0 Å². The minimum Gasteiger partial charge on any atom is -0.480 e. The Morgan fingerprint density at radius 1 is 1.41 bits per heavy atom. The third kappa shape index (κ3) is 2.48. The van der Waals surface area contributed by atoms with E-state index in [1.807, 2.05) is 24.3 Å². The molecule has 0 bridgehead atoms. The Kier molecular flexibility index (Phi) is 3.44. The second-order valence-electron chi connectivity index (χ2n) is 3.35. The van der Waals surface area contributed by atoms with Gasteiger partial charge in [0.1, 0.15) is 6.54 Å². The number of nitrogens with zero attached hydrogens (tertiary/aromatic N) is 1. The fraction of sp³-hybridized carbons (Fsp3) is 0.0909. The second kappa shape index (κ2) is 4.85. The number of thiazole rings is 1. The van der Waals surface area contributed by atoms with Crippen molar-refractivity contribution in [1.82, 2.24) is 4.57 Å². The predicted octanol–water partition coefficient (Wildman–Crippen LogP) is 2.42. The van der Waals surface area contributed by atoms with Crippen LogP contribution in [0.3, 0.4) is 0 Å². The maximum absolute atomic E-state index is 11.6. The molecular weight excluding hydrogens is 306 g/mol. The maximum atomic E-state index is 11.6. The lowest BCUT2D eigenvalue weighted by Crippen LogP contribution is -2.19. The van der Waals surface area contributed by atoms with E-state index >= 15 is 0 Å². The average Bonchev–Trinajstić information content (AvgIpc) is 2.61. The summed E-state index contributed by atoms with van der Waals surface area (Å²) in [4.78, 5) is 22.0. The summed E-state index contributed by atoms with van der Waals surface area (Å²) in [7, 11) is 0. The Balaban J connectivity index is 2.57. The number of carboxylic acids is 1. The minimum absolute atomic E-state index is 0.266. The van der Waals surface area contributed by atoms with Crippen molar-refractivity contribution in [2.45, 2.75) is 6.54 Å². The number of aromatic nitrogens is 1. The number of hydrogen-bond donors (Lipinski definition) is 1. The highest BCUT2D eigenvalue weighted by Gasteiger charge is 2.13. The van der Waals surface area contributed by atoms with Crippen LogP contribution in [0.15, 0.2) is 38.9 Å². The van der Waals surface area contributed by atoms with Gasteiger partial charge in [0.05, 0.1) is 5.69 Å². The molecule has 0 aliphatic rings. The molecule has 0 aliphatic carbocycles. The summed E-state index contributed by atoms with van der Waals surface area (Å²) < 4.78 is 2.09. The lowest BCUT2D eigenvalue weighted by atomic mass is 10.2. The van der Waals surface area contributed by atoms with E-state index in [0.717, 1.165) is 21.4 Å². The SMILES string of the molecule is O=C(O)Cn1c(-c2ccccc2Br)csc1=O. The molecule has 0 atom stereocenters. The van der Waals surface area contributed by atoms with Gasteiger partial charge in [-0.2, -0.15) is 0 Å². The van der Waals surface area contributed by atoms with Crippen molar-refractivity contribution in [1.29, 1.82) is 0 Å². The lowest BCUT2D eigenvalue weighted by Gasteiger charge is -2.06. The first kappa shape index (κ1) is 12.1. The van der Waals surface area contributed by atoms with Gasteiger partial charge in [-0.1, -0.05) is 45.5 Å². The zero-order chi connectivity index (χ0) is 12.4. The van der Waals surface area contributed by atoms with Crippen LogP contribution in [-0.2, 0) is 11.3 Å². The van der Waals surface area contributed by atoms with Crippen LogP contribution in [0.2, 0.25) is 0 Å². The van der Waals surface area contributed by atoms with Crippen LogP contribution < -0.4 is 4.87 Å². The molecule has 0 amide bonds. The summed E-state index contributed by atoms with van der Waals surface area (Å²) in [6.07, 6.45) is 0. The lowest BCUT2D eigenvalue weighted by molar-refractivity contribution is -0.137. The molecule has 1 N–H and O–H groups in total. The molecule has 0 spiro atoms. The molecule has 0 unspecified atom stereocenters. The molecule has 0 fully saturated rings. The zero-order valence-corrected chi connectivity index (χ0v) is 11.0. The number of aliphatic carboxylic acids is 1. The van der Waals surface area contributed by atoms with Crippen molar-refractivity contribution in [2.75, 3.05) is 0 Å². The van der Waals surface area contributed by atoms with Crippen LogP contribution in [0.1, 0.15) is 0 Å². The second-order valence-corrected chi connectivity index (χ2v) is 5.02. The topological polar surface area (TPSA) is 59.3 Å². The maximum Gasteiger partial charge on any atom is 0.323 e. The van der Waals surface area contributed by atoms with Gasteiger partial charge >= 0.3 is 10.8 Å². The van der Waals surface area contributed by atoms with Gasteiger partial charge in [0.25, 0.3) is 0 Å². The Bertz CT molecular complexity index is 617. The summed E-state index contributed by atoms with van der Waals surface area (Å²) in [6.45, 7) is -0.320. The Morgan fingerprint density at radius 3 is 2.76 bits per heavy atom. The van der Waals surface area contributed by atoms with Crippen LogP contribution in [0.25, 0.3) is 11.3 Å². The smallest absolute Gasteiger partial charge is 0.323 e. The molecule has 88 valence electrons. The number of rotatable bonds is 3. The number of carboxylic acid groups (broad SMARTS) is 1. The Labute approximate surface area is 109 Å². The highest BCUT2D eigenvalue weighted by atomic mass is 79.9. The van der Waals surface area contributed by atoms with Gasteiger partial charge in [-0.05, 0) is 6.07 Å². The van der Waals surface area contributed by atoms with Crippen LogP contribution in [0, 0.1) is 0 Å². The van der Waals surface area contributed by atoms with Crippen molar-refractivity contribution >= 4 is 33.2 Å². The van der Waals surface area contributed by atoms with Gasteiger partial charge in [0, 0.05) is 15.4 Å². The molecule has 2 rings (SSSR count). The Hall–Kier alpha value is -1.40. The molecule has 0 saturated heterocycles. The highest BCUT2D eigenvalue weighted by Crippen LogP contribution is 2.28. The first-order valence-electron chi connectivity index (χ1n) is 4.74. The molecule has 17 heavy (non-hydrogen) atoms. The molecule has 1 heterocycles. The van der Waals surface area contributed by atoms with Crippen molar-refractivity contribution < 1.29 is 9.90 Å². The molecule has 2 aromatic rings. The third-order valence-corrected chi connectivity index (χ3v) is 3.68. The number of benzene rings is 1. The van der Waals surface area contributed by atoms with Crippen molar-refractivity contribution in [3.05, 3.63) is 43.8 Å². The van der Waals surface area contributed by atoms with Gasteiger partial charge in [-0.15, -0.1) is 0 Å². The molecule has 4 nitrogen and oxygen atoms in total. The molecular formula is C11H8BrNO3S. The van der Waals surface area contributed by atoms with Gasteiger partial charge in [0.15, 0.2) is 0 Å². The quantitative estimate of drug-likeness (QED) is 0.946. The zero-order valence-electron chi connectivity index (χ0n) is 8.59. The molecule has 0 saturated carbocycles. The van der Waals surface area contributed by atoms with E-state index in [2.05, 4.69) is 15.9 Å². The Morgan fingerprint density at radius 2 is 2.12 bits per heavy atom. The normalized spacial score (nSPS) is 10.4. The van der Waals surface area contributed by atoms with E-state index in [9.17, 15) is 9.59 Å². The highest BCUT2D eigenvalue weighted by molar-refractivity contribution is 9.10. The van der Waals surface area contributed by atoms with Gasteiger partial charge < -0.3 is 5.11 Å². The predicted molar refractivity (Wildman–Crippen MR) is 69.4 cm³/mol. The summed E-state index contributed by atoms with van der Waals surface area (Å²) in [5, 5.41) is 10.5. The number of carbonyl (C=O) groups is 1. The molecule has 1 aromatic heterocycles. The average molecular weight is 314 g/mol. The van der Waals surface area contributed by atoms with E-state index in [1.165, 1.54) is 4.57 Å². The molecule has 1 aromatic carbocycles. The molecule has 0 aliphatic heterocycles. The molecule has 0 radical (unpaired) electrons. The van der Waals surface area contributed by atoms with Crippen molar-refractivity contribution in [3.8, 4) is 11.3 Å². The van der Waals surface area contributed by atoms with Gasteiger partial charge in [0.2, 0.25) is 0 Å². The summed E-state index contributed by atoms with van der Waals surface area (Å²) in [5.74, 6) is -1.03. The van der Waals surface area contributed by atoms with E-state index in [4.69, 9.17) is 5.11 Å². The number of hydrogen-bond acceptors (Lipinski definition) is 3. The van der Waals surface area contributed by atoms with Gasteiger partial charge in [-0.25, -0.2) is 0 Å². The summed E-state index contributed by atoms with van der Waals surface area (Å²) >= 11 is 4.38. The summed E-state index contributed by atoms with van der Waals surface area (Å²) in [5.41, 5.74) is 1.43. The van der Waals surface area contributed by atoms with E-state index in [0.29, 0.717) is 5.69 Å². The van der Waals surface area contributed by atoms with E-state index < -0.39 is 5.97 Å². The van der Waals surface area contributed by atoms with E-state index in [-0.39, 0.29) is 11.4 Å². The molecule has 6 heteroatoms. The van der Waals surface area contributed by atoms with Crippen LogP contribution in [-0.4, -0.2) is 15.6 Å². The number of halogens is 1. The van der Waals surface area contributed by atoms with Gasteiger partial charge in [-0.3, -0.25) is 14.2 Å². The first-order chi connectivity index (χ1) is 8.09. The largest absolute Gasteiger partial charge is 0.480 e.